The third kappa shape index (κ3) is 8.64. The van der Waals surface area contributed by atoms with E-state index in [1.54, 1.807) is 0 Å². The monoisotopic (exact) mass is 849 g/mol. The highest BCUT2D eigenvalue weighted by atomic mass is 32.2. The largest absolute Gasteiger partial charge is 0.748 e. The fraction of sp³-hybridized carbons (Fsp3) is 0.340. The van der Waals surface area contributed by atoms with Crippen LogP contribution in [0.2, 0.25) is 0 Å². The Labute approximate surface area is 367 Å². The summed E-state index contributed by atoms with van der Waals surface area (Å²) < 4.78 is 37.0. The minimum absolute atomic E-state index is 0.184. The van der Waals surface area contributed by atoms with E-state index in [2.05, 4.69) is 153 Å². The molecule has 316 valence electrons. The smallest absolute Gasteiger partial charge is 0.210 e. The van der Waals surface area contributed by atoms with Crippen molar-refractivity contribution >= 4 is 66.2 Å². The van der Waals surface area contributed by atoms with E-state index in [9.17, 15) is 13.0 Å². The zero-order valence-corrected chi connectivity index (χ0v) is 38.0. The van der Waals surface area contributed by atoms with Crippen LogP contribution in [0.25, 0.3) is 21.5 Å². The lowest BCUT2D eigenvalue weighted by molar-refractivity contribution is -0.438. The van der Waals surface area contributed by atoms with Gasteiger partial charge >= 0.3 is 0 Å². The fourth-order valence-corrected chi connectivity index (χ4v) is 11.7. The lowest BCUT2D eigenvalue weighted by Gasteiger charge is -2.28. The first-order valence-corrected chi connectivity index (χ1v) is 24.4. The van der Waals surface area contributed by atoms with E-state index in [0.29, 0.717) is 19.4 Å². The summed E-state index contributed by atoms with van der Waals surface area (Å²) in [4.78, 5) is 5.03. The number of hydrogen-bond donors (Lipinski definition) is 1. The molecule has 5 aromatic rings. The van der Waals surface area contributed by atoms with Gasteiger partial charge in [0.1, 0.15) is 6.54 Å². The highest BCUT2D eigenvalue weighted by Crippen LogP contribution is 2.52. The number of nitrogens with zero attached hydrogens (tertiary/aromatic N) is 2. The summed E-state index contributed by atoms with van der Waals surface area (Å²) in [6.07, 6.45) is 16.9. The highest BCUT2D eigenvalue weighted by molar-refractivity contribution is 8.03. The van der Waals surface area contributed by atoms with Crippen molar-refractivity contribution < 1.29 is 17.5 Å². The van der Waals surface area contributed by atoms with Gasteiger partial charge in [-0.3, -0.25) is 0 Å². The Morgan fingerprint density at radius 1 is 0.770 bits per heavy atom. The molecular formula is C53H59N3O3S2. The van der Waals surface area contributed by atoms with E-state index in [1.807, 2.05) is 23.9 Å². The maximum Gasteiger partial charge on any atom is 0.210 e. The second-order valence-corrected chi connectivity index (χ2v) is 20.5. The summed E-state index contributed by atoms with van der Waals surface area (Å²) in [6.45, 7) is 13.3. The molecule has 0 bridgehead atoms. The lowest BCUT2D eigenvalue weighted by atomic mass is 9.78. The first-order valence-electron chi connectivity index (χ1n) is 22.0. The Bertz CT molecular complexity index is 2750. The van der Waals surface area contributed by atoms with E-state index in [-0.39, 0.29) is 16.6 Å². The number of nitrogens with two attached hydrogens (primary N) is 1. The number of hydrogen-bond acceptors (Lipinski definition) is 6. The average Bonchev–Trinajstić information content (AvgIpc) is 3.59. The Morgan fingerprint density at radius 2 is 1.46 bits per heavy atom. The normalized spacial score (nSPS) is 18.7. The van der Waals surface area contributed by atoms with Gasteiger partial charge in [0.15, 0.2) is 5.71 Å². The molecule has 0 amide bonds. The van der Waals surface area contributed by atoms with E-state index >= 15 is 0 Å². The second kappa shape index (κ2) is 17.5. The summed E-state index contributed by atoms with van der Waals surface area (Å²) in [7, 11) is -4.28. The summed E-state index contributed by atoms with van der Waals surface area (Å²) >= 11 is 1.82. The molecule has 2 heterocycles. The van der Waals surface area contributed by atoms with Gasteiger partial charge in [0.25, 0.3) is 0 Å². The molecule has 1 aliphatic carbocycles. The second-order valence-electron chi connectivity index (χ2n) is 17.9. The van der Waals surface area contributed by atoms with Gasteiger partial charge in [-0.1, -0.05) is 112 Å². The number of rotatable bonds is 14. The van der Waals surface area contributed by atoms with Gasteiger partial charge < -0.3 is 15.2 Å². The van der Waals surface area contributed by atoms with E-state index in [4.69, 9.17) is 5.73 Å². The average molecular weight is 850 g/mol. The predicted molar refractivity (Wildman–Crippen MR) is 257 cm³/mol. The molecule has 3 aliphatic rings. The van der Waals surface area contributed by atoms with Gasteiger partial charge in [0, 0.05) is 68.7 Å². The van der Waals surface area contributed by atoms with Gasteiger partial charge in [-0.2, -0.15) is 4.58 Å². The Hall–Kier alpha value is -4.89. The van der Waals surface area contributed by atoms with E-state index in [1.165, 1.54) is 78.7 Å². The molecule has 0 atom stereocenters. The van der Waals surface area contributed by atoms with Crippen molar-refractivity contribution in [1.29, 1.82) is 0 Å². The molecule has 61 heavy (non-hydrogen) atoms. The number of allylic oxidation sites excluding steroid dienone is 7. The number of unbranched alkanes of at least 4 members (excludes halogenated alkanes) is 3. The van der Waals surface area contributed by atoms with Crippen LogP contribution in [0.15, 0.2) is 148 Å². The molecule has 2 N–H and O–H groups in total. The lowest BCUT2D eigenvalue weighted by Crippen LogP contribution is -2.28. The minimum Gasteiger partial charge on any atom is -0.748 e. The Kier molecular flexibility index (Phi) is 12.3. The summed E-state index contributed by atoms with van der Waals surface area (Å²) in [5.74, 6) is -0.347. The number of benzene rings is 5. The maximum absolute atomic E-state index is 11.5. The molecule has 0 saturated heterocycles. The molecule has 0 saturated carbocycles. The molecule has 8 heteroatoms. The standard InChI is InChI=1S/C53H59N3O3S2/c1-6-7-12-34-55-45-30-22-37-16-8-10-20-43(37)49(45)52(2,3)47(55)32-24-39-18-15-19-40(51(39)60-42-28-26-41(54)27-29-42)25-33-48-53(4,5)50-44-21-11-9-17-38(44)23-31-46(50)56(48)35-13-14-36-61(57,58)59/h8-11,16-17,20-33H,6-7,12-15,18-19,34-36,54H2,1-5H3. The van der Waals surface area contributed by atoms with Crippen LogP contribution in [0.4, 0.5) is 17.1 Å². The first-order chi connectivity index (χ1) is 29.3. The summed E-state index contributed by atoms with van der Waals surface area (Å²) in [5.41, 5.74) is 16.7. The molecule has 0 unspecified atom stereocenters. The highest BCUT2D eigenvalue weighted by Gasteiger charge is 2.45. The van der Waals surface area contributed by atoms with Crippen molar-refractivity contribution in [2.75, 3.05) is 29.5 Å². The van der Waals surface area contributed by atoms with Crippen LogP contribution >= 0.6 is 11.8 Å². The zero-order valence-electron chi connectivity index (χ0n) is 36.3. The molecule has 0 spiro atoms. The molecule has 2 aliphatic heterocycles. The number of fused-ring (bicyclic) bond motifs is 6. The molecule has 0 fully saturated rings. The van der Waals surface area contributed by atoms with E-state index in [0.717, 1.165) is 48.5 Å². The van der Waals surface area contributed by atoms with Crippen LogP contribution in [0, 0.1) is 0 Å². The van der Waals surface area contributed by atoms with Gasteiger partial charge in [0.2, 0.25) is 5.69 Å². The van der Waals surface area contributed by atoms with Crippen LogP contribution < -0.4 is 10.6 Å². The topological polar surface area (TPSA) is 89.5 Å². The first kappa shape index (κ1) is 42.8. The summed E-state index contributed by atoms with van der Waals surface area (Å²) in [6, 6.07) is 34.6. The van der Waals surface area contributed by atoms with Gasteiger partial charge in [0.05, 0.1) is 15.5 Å². The number of nitrogen functional groups attached to an aromatic ring is 1. The fourth-order valence-electron chi connectivity index (χ4n) is 9.99. The van der Waals surface area contributed by atoms with Crippen LogP contribution in [0.1, 0.15) is 97.1 Å². The molecule has 6 nitrogen and oxygen atoms in total. The SMILES string of the molecule is CCCCCN1/C(=C/C=C2\CCCC(/C=C/C3=[N+](CCCCS(=O)(=O)[O-])c4ccc5ccccc5c4C3(C)C)=C2Sc2ccc(N)cc2)C(C)(C)c2c1ccc1ccccc21. The van der Waals surface area contributed by atoms with Crippen molar-refractivity contribution in [2.45, 2.75) is 102 Å². The van der Waals surface area contributed by atoms with Crippen molar-refractivity contribution in [3.8, 4) is 0 Å². The van der Waals surface area contributed by atoms with Crippen LogP contribution in [0.3, 0.4) is 0 Å². The summed E-state index contributed by atoms with van der Waals surface area (Å²) in [5, 5.41) is 5.04. The van der Waals surface area contributed by atoms with Gasteiger partial charge in [-0.05, 0) is 127 Å². The van der Waals surface area contributed by atoms with Gasteiger partial charge in [-0.25, -0.2) is 8.42 Å². The van der Waals surface area contributed by atoms with Crippen LogP contribution in [0.5, 0.6) is 0 Å². The molecule has 0 aromatic heterocycles. The Balaban J connectivity index is 1.23. The van der Waals surface area contributed by atoms with Crippen LogP contribution in [-0.4, -0.2) is 42.1 Å². The minimum atomic E-state index is -4.28. The molecule has 8 rings (SSSR count). The van der Waals surface area contributed by atoms with Crippen molar-refractivity contribution in [2.24, 2.45) is 0 Å². The molecule has 5 aromatic carbocycles. The third-order valence-corrected chi connectivity index (χ3v) is 15.0. The molecular weight excluding hydrogens is 791 g/mol. The van der Waals surface area contributed by atoms with Crippen molar-refractivity contribution in [3.05, 3.63) is 154 Å². The van der Waals surface area contributed by atoms with E-state index < -0.39 is 10.1 Å². The van der Waals surface area contributed by atoms with Crippen molar-refractivity contribution in [1.82, 2.24) is 0 Å². The zero-order chi connectivity index (χ0) is 42.9. The quantitative estimate of drug-likeness (QED) is 0.0518. The van der Waals surface area contributed by atoms with Gasteiger partial charge in [-0.15, -0.1) is 0 Å². The molecule has 0 radical (unpaired) electrons. The predicted octanol–water partition coefficient (Wildman–Crippen LogP) is 12.9. The number of anilines is 2. The number of thioether (sulfide) groups is 1. The maximum atomic E-state index is 11.5. The van der Waals surface area contributed by atoms with Crippen molar-refractivity contribution in [3.63, 3.8) is 0 Å². The third-order valence-electron chi connectivity index (χ3n) is 13.0. The Morgan fingerprint density at radius 3 is 2.16 bits per heavy atom. The van der Waals surface area contributed by atoms with Crippen LogP contribution in [-0.2, 0) is 20.9 Å².